The molecule has 164 valence electrons. The van der Waals surface area contributed by atoms with Crippen molar-refractivity contribution in [3.05, 3.63) is 78.2 Å². The molecule has 5 rings (SSSR count). The third-order valence-electron chi connectivity index (χ3n) is 4.96. The monoisotopic (exact) mass is 474 g/mol. The van der Waals surface area contributed by atoms with Gasteiger partial charge in [-0.05, 0) is 55.5 Å². The van der Waals surface area contributed by atoms with Crippen molar-refractivity contribution >= 4 is 56.1 Å². The highest BCUT2D eigenvalue weighted by Gasteiger charge is 2.16. The van der Waals surface area contributed by atoms with Gasteiger partial charge in [0, 0.05) is 11.4 Å². The number of carbonyl (C=O) groups excluding carboxylic acids is 2. The molecule has 3 heterocycles. The quantitative estimate of drug-likeness (QED) is 0.358. The van der Waals surface area contributed by atoms with Gasteiger partial charge in [-0.2, -0.15) is 5.10 Å². The summed E-state index contributed by atoms with van der Waals surface area (Å²) in [5, 5.41) is 10.6. The summed E-state index contributed by atoms with van der Waals surface area (Å²) in [6.45, 7) is 1.74. The summed E-state index contributed by atoms with van der Waals surface area (Å²) in [7, 11) is 0. The van der Waals surface area contributed by atoms with Gasteiger partial charge in [0.2, 0.25) is 5.91 Å². The zero-order valence-corrected chi connectivity index (χ0v) is 19.1. The molecule has 0 aliphatic heterocycles. The largest absolute Gasteiger partial charge is 0.324 e. The molecule has 2 aromatic carbocycles. The molecule has 2 N–H and O–H groups in total. The van der Waals surface area contributed by atoms with E-state index in [-0.39, 0.29) is 11.8 Å². The van der Waals surface area contributed by atoms with Crippen LogP contribution in [0.2, 0.25) is 0 Å². The number of amides is 2. The van der Waals surface area contributed by atoms with Gasteiger partial charge in [0.1, 0.15) is 23.7 Å². The van der Waals surface area contributed by atoms with Crippen molar-refractivity contribution in [1.82, 2.24) is 19.7 Å². The second-order valence-corrected chi connectivity index (χ2v) is 9.34. The Morgan fingerprint density at radius 2 is 1.70 bits per heavy atom. The van der Waals surface area contributed by atoms with Crippen LogP contribution in [-0.4, -0.2) is 31.6 Å². The number of para-hydroxylation sites is 1. The van der Waals surface area contributed by atoms with Crippen LogP contribution in [0.15, 0.2) is 73.3 Å². The Kier molecular flexibility index (Phi) is 5.68. The minimum absolute atomic E-state index is 0.191. The average molecular weight is 475 g/mol. The van der Waals surface area contributed by atoms with Crippen LogP contribution < -0.4 is 10.6 Å². The van der Waals surface area contributed by atoms with Gasteiger partial charge in [0.05, 0.1) is 20.0 Å². The highest BCUT2D eigenvalue weighted by Crippen LogP contribution is 2.34. The number of carbonyl (C=O) groups is 2. The second-order valence-electron chi connectivity index (χ2n) is 7.22. The van der Waals surface area contributed by atoms with E-state index in [1.165, 1.54) is 28.7 Å². The number of hydrogen-bond acceptors (Lipinski definition) is 7. The third-order valence-corrected chi connectivity index (χ3v) is 7.25. The number of hydrogen-bond donors (Lipinski definition) is 2. The molecule has 1 unspecified atom stereocenters. The fourth-order valence-electron chi connectivity index (χ4n) is 3.17. The lowest BCUT2D eigenvalue weighted by molar-refractivity contribution is -0.119. The molecule has 33 heavy (non-hydrogen) atoms. The van der Waals surface area contributed by atoms with Crippen molar-refractivity contribution < 1.29 is 9.59 Å². The molecule has 3 aromatic heterocycles. The molecular weight excluding hydrogens is 456 g/mol. The SMILES string of the molecule is CC(C(=O)Nc1ccc(NC(=O)c2ccc(-c3nc4ccccc4s3)s2)cc1)n1cncn1. The number of thiophene rings is 1. The van der Waals surface area contributed by atoms with Gasteiger partial charge in [0.15, 0.2) is 0 Å². The van der Waals surface area contributed by atoms with Gasteiger partial charge in [0.25, 0.3) is 5.91 Å². The molecule has 0 bridgehead atoms. The Morgan fingerprint density at radius 3 is 2.42 bits per heavy atom. The molecule has 0 aliphatic rings. The number of fused-ring (bicyclic) bond motifs is 1. The Bertz CT molecular complexity index is 1390. The Hall–Kier alpha value is -3.89. The van der Waals surface area contributed by atoms with Crippen LogP contribution in [0.4, 0.5) is 11.4 Å². The van der Waals surface area contributed by atoms with Crippen LogP contribution in [0.5, 0.6) is 0 Å². The molecule has 0 saturated carbocycles. The molecular formula is C23H18N6O2S2. The van der Waals surface area contributed by atoms with Crippen LogP contribution in [0.1, 0.15) is 22.6 Å². The number of nitrogens with one attached hydrogen (secondary N) is 2. The minimum atomic E-state index is -0.490. The smallest absolute Gasteiger partial charge is 0.265 e. The molecule has 8 nitrogen and oxygen atoms in total. The normalized spacial score (nSPS) is 11.9. The van der Waals surface area contributed by atoms with Crippen LogP contribution in [0.25, 0.3) is 20.1 Å². The lowest BCUT2D eigenvalue weighted by Gasteiger charge is -2.12. The van der Waals surface area contributed by atoms with Crippen molar-refractivity contribution in [2.45, 2.75) is 13.0 Å². The van der Waals surface area contributed by atoms with E-state index in [1.54, 1.807) is 42.5 Å². The molecule has 1 atom stereocenters. The van der Waals surface area contributed by atoms with Crippen LogP contribution in [0.3, 0.4) is 0 Å². The van der Waals surface area contributed by atoms with Crippen molar-refractivity contribution in [3.8, 4) is 9.88 Å². The summed E-state index contributed by atoms with van der Waals surface area (Å²) in [5.74, 6) is -0.401. The fraction of sp³-hybridized carbons (Fsp3) is 0.0870. The number of anilines is 2. The molecule has 0 spiro atoms. The van der Waals surface area contributed by atoms with Crippen molar-refractivity contribution in [2.75, 3.05) is 10.6 Å². The van der Waals surface area contributed by atoms with E-state index in [2.05, 4.69) is 25.7 Å². The Morgan fingerprint density at radius 1 is 0.939 bits per heavy atom. The molecule has 5 aromatic rings. The molecule has 10 heteroatoms. The van der Waals surface area contributed by atoms with Gasteiger partial charge in [-0.25, -0.2) is 14.6 Å². The van der Waals surface area contributed by atoms with Crippen molar-refractivity contribution in [3.63, 3.8) is 0 Å². The minimum Gasteiger partial charge on any atom is -0.324 e. The summed E-state index contributed by atoms with van der Waals surface area (Å²) in [5.41, 5.74) is 2.22. The van der Waals surface area contributed by atoms with Crippen molar-refractivity contribution in [2.24, 2.45) is 0 Å². The number of rotatable bonds is 6. The summed E-state index contributed by atoms with van der Waals surface area (Å²) in [6, 6.07) is 18.2. The van der Waals surface area contributed by atoms with Crippen molar-refractivity contribution in [1.29, 1.82) is 0 Å². The van der Waals surface area contributed by atoms with Crippen LogP contribution in [-0.2, 0) is 4.79 Å². The van der Waals surface area contributed by atoms with E-state index >= 15 is 0 Å². The first kappa shape index (κ1) is 21.0. The molecule has 2 amide bonds. The van der Waals surface area contributed by atoms with Gasteiger partial charge in [-0.1, -0.05) is 12.1 Å². The van der Waals surface area contributed by atoms with Gasteiger partial charge in [-0.3, -0.25) is 9.59 Å². The molecule has 0 fully saturated rings. The van der Waals surface area contributed by atoms with E-state index in [4.69, 9.17) is 0 Å². The maximum absolute atomic E-state index is 12.7. The number of aromatic nitrogens is 4. The lowest BCUT2D eigenvalue weighted by Crippen LogP contribution is -2.24. The first-order valence-electron chi connectivity index (χ1n) is 10.1. The van der Waals surface area contributed by atoms with E-state index < -0.39 is 6.04 Å². The van der Waals surface area contributed by atoms with E-state index in [9.17, 15) is 9.59 Å². The second kappa shape index (κ2) is 8.93. The zero-order chi connectivity index (χ0) is 22.8. The topological polar surface area (TPSA) is 102 Å². The molecule has 0 saturated heterocycles. The van der Waals surface area contributed by atoms with Crippen LogP contribution in [0, 0.1) is 0 Å². The maximum atomic E-state index is 12.7. The van der Waals surface area contributed by atoms with Gasteiger partial charge in [-0.15, -0.1) is 22.7 Å². The zero-order valence-electron chi connectivity index (χ0n) is 17.4. The molecule has 0 aliphatic carbocycles. The van der Waals surface area contributed by atoms with E-state index in [1.807, 2.05) is 36.4 Å². The Labute approximate surface area is 196 Å². The first-order chi connectivity index (χ1) is 16.1. The van der Waals surface area contributed by atoms with E-state index in [0.29, 0.717) is 16.3 Å². The first-order valence-corrected chi connectivity index (χ1v) is 11.7. The average Bonchev–Trinajstić information content (AvgIpc) is 3.60. The highest BCUT2D eigenvalue weighted by molar-refractivity contribution is 7.26. The van der Waals surface area contributed by atoms with Gasteiger partial charge >= 0.3 is 0 Å². The Balaban J connectivity index is 1.22. The maximum Gasteiger partial charge on any atom is 0.265 e. The molecule has 0 radical (unpaired) electrons. The van der Waals surface area contributed by atoms with E-state index in [0.717, 1.165) is 20.1 Å². The fourth-order valence-corrected chi connectivity index (χ4v) is 5.09. The third kappa shape index (κ3) is 4.52. The predicted molar refractivity (Wildman–Crippen MR) is 131 cm³/mol. The summed E-state index contributed by atoms with van der Waals surface area (Å²) < 4.78 is 2.60. The highest BCUT2D eigenvalue weighted by atomic mass is 32.1. The number of nitrogens with zero attached hydrogens (tertiary/aromatic N) is 4. The van der Waals surface area contributed by atoms with Crippen LogP contribution >= 0.6 is 22.7 Å². The van der Waals surface area contributed by atoms with Gasteiger partial charge < -0.3 is 10.6 Å². The summed E-state index contributed by atoms with van der Waals surface area (Å²) >= 11 is 3.02. The predicted octanol–water partition coefficient (Wildman–Crippen LogP) is 5.07. The lowest BCUT2D eigenvalue weighted by atomic mass is 10.2. The summed E-state index contributed by atoms with van der Waals surface area (Å²) in [6.07, 6.45) is 2.88. The standard InChI is InChI=1S/C23H18N6O2S2/c1-14(29-13-24-12-25-29)21(30)26-15-6-8-16(9-7-15)27-22(31)19-10-11-20(32-19)23-28-17-4-2-3-5-18(17)33-23/h2-14H,1H3,(H,26,30)(H,27,31). The number of thiazole rings is 1. The number of benzene rings is 2. The summed E-state index contributed by atoms with van der Waals surface area (Å²) in [4.78, 5) is 35.1.